The fraction of sp³-hybridized carbons (Fsp3) is 0.588. The summed E-state index contributed by atoms with van der Waals surface area (Å²) in [7, 11) is 1.66. The molecule has 0 spiro atoms. The first-order valence-electron chi connectivity index (χ1n) is 7.58. The van der Waals surface area contributed by atoms with E-state index in [1.54, 1.807) is 7.11 Å². The zero-order valence-electron chi connectivity index (χ0n) is 12.9. The largest absolute Gasteiger partial charge is 0.497 e. The molecule has 0 saturated heterocycles. The average Bonchev–Trinajstić information content (AvgIpc) is 2.45. The molecule has 1 unspecified atom stereocenters. The van der Waals surface area contributed by atoms with Crippen molar-refractivity contribution < 1.29 is 9.53 Å². The van der Waals surface area contributed by atoms with E-state index in [1.807, 2.05) is 24.3 Å². The van der Waals surface area contributed by atoms with Gasteiger partial charge in [-0.3, -0.25) is 4.79 Å². The predicted molar refractivity (Wildman–Crippen MR) is 83.1 cm³/mol. The summed E-state index contributed by atoms with van der Waals surface area (Å²) >= 11 is 0. The van der Waals surface area contributed by atoms with Gasteiger partial charge in [0.15, 0.2) is 0 Å². The van der Waals surface area contributed by atoms with Gasteiger partial charge in [0.2, 0.25) is 5.91 Å². The summed E-state index contributed by atoms with van der Waals surface area (Å²) in [6.45, 7) is 4.27. The van der Waals surface area contributed by atoms with Crippen LogP contribution in [0, 0.1) is 0 Å². The van der Waals surface area contributed by atoms with Crippen molar-refractivity contribution in [3.63, 3.8) is 0 Å². The quantitative estimate of drug-likeness (QED) is 0.699. The first-order valence-corrected chi connectivity index (χ1v) is 7.58. The number of amides is 1. The standard InChI is InChI=1S/C17H27NO2/c1-4-5-6-8-14(2)18-17(19)12-11-15-9-7-10-16(13-15)20-3/h7,9-10,13-14H,4-6,8,11-12H2,1-3H3,(H,18,19). The number of aryl methyl sites for hydroxylation is 1. The molecule has 0 saturated carbocycles. The summed E-state index contributed by atoms with van der Waals surface area (Å²) in [5.41, 5.74) is 1.14. The van der Waals surface area contributed by atoms with Crippen molar-refractivity contribution in [3.05, 3.63) is 29.8 Å². The Morgan fingerprint density at radius 1 is 1.35 bits per heavy atom. The maximum Gasteiger partial charge on any atom is 0.220 e. The molecule has 0 bridgehead atoms. The van der Waals surface area contributed by atoms with Crippen LogP contribution in [-0.2, 0) is 11.2 Å². The molecule has 112 valence electrons. The second-order valence-corrected chi connectivity index (χ2v) is 5.32. The Balaban J connectivity index is 2.28. The number of carbonyl (C=O) groups excluding carboxylic acids is 1. The molecule has 1 aromatic carbocycles. The van der Waals surface area contributed by atoms with Gasteiger partial charge >= 0.3 is 0 Å². The third-order valence-electron chi connectivity index (χ3n) is 3.42. The molecule has 3 nitrogen and oxygen atoms in total. The molecule has 0 heterocycles. The Hall–Kier alpha value is -1.51. The highest BCUT2D eigenvalue weighted by Crippen LogP contribution is 2.14. The number of nitrogens with one attached hydrogen (secondary N) is 1. The van der Waals surface area contributed by atoms with Crippen LogP contribution in [0.2, 0.25) is 0 Å². The molecule has 1 amide bonds. The molecule has 0 fully saturated rings. The van der Waals surface area contributed by atoms with Crippen LogP contribution in [0.1, 0.15) is 51.5 Å². The third kappa shape index (κ3) is 6.60. The highest BCUT2D eigenvalue weighted by atomic mass is 16.5. The molecule has 1 rings (SSSR count). The predicted octanol–water partition coefficient (Wildman–Crippen LogP) is 3.71. The SMILES string of the molecule is CCCCCC(C)NC(=O)CCc1cccc(OC)c1. The summed E-state index contributed by atoms with van der Waals surface area (Å²) in [6.07, 6.45) is 6.00. The van der Waals surface area contributed by atoms with Crippen LogP contribution >= 0.6 is 0 Å². The van der Waals surface area contributed by atoms with E-state index in [1.165, 1.54) is 19.3 Å². The number of carbonyl (C=O) groups is 1. The maximum atomic E-state index is 11.9. The third-order valence-corrected chi connectivity index (χ3v) is 3.42. The first-order chi connectivity index (χ1) is 9.65. The minimum Gasteiger partial charge on any atom is -0.497 e. The maximum absolute atomic E-state index is 11.9. The van der Waals surface area contributed by atoms with Gasteiger partial charge in [0, 0.05) is 12.5 Å². The van der Waals surface area contributed by atoms with Gasteiger partial charge in [-0.25, -0.2) is 0 Å². The monoisotopic (exact) mass is 277 g/mol. The number of hydrogen-bond donors (Lipinski definition) is 1. The molecule has 0 aliphatic carbocycles. The molecular formula is C17H27NO2. The molecule has 0 aromatic heterocycles. The molecule has 0 radical (unpaired) electrons. The van der Waals surface area contributed by atoms with Gasteiger partial charge < -0.3 is 10.1 Å². The number of unbranched alkanes of at least 4 members (excludes halogenated alkanes) is 2. The summed E-state index contributed by atoms with van der Waals surface area (Å²) in [5, 5.41) is 3.07. The average molecular weight is 277 g/mol. The number of methoxy groups -OCH3 is 1. The van der Waals surface area contributed by atoms with E-state index < -0.39 is 0 Å². The van der Waals surface area contributed by atoms with E-state index in [4.69, 9.17) is 4.74 Å². The van der Waals surface area contributed by atoms with Gasteiger partial charge in [-0.1, -0.05) is 38.3 Å². The van der Waals surface area contributed by atoms with Crippen molar-refractivity contribution in [3.8, 4) is 5.75 Å². The second-order valence-electron chi connectivity index (χ2n) is 5.32. The van der Waals surface area contributed by atoms with Crippen LogP contribution in [0.3, 0.4) is 0 Å². The van der Waals surface area contributed by atoms with Crippen LogP contribution in [0.15, 0.2) is 24.3 Å². The Morgan fingerprint density at radius 2 is 2.15 bits per heavy atom. The Morgan fingerprint density at radius 3 is 2.85 bits per heavy atom. The van der Waals surface area contributed by atoms with Crippen molar-refractivity contribution in [1.29, 1.82) is 0 Å². The van der Waals surface area contributed by atoms with Crippen molar-refractivity contribution in [2.24, 2.45) is 0 Å². The van der Waals surface area contributed by atoms with Gasteiger partial charge in [-0.2, -0.15) is 0 Å². The van der Waals surface area contributed by atoms with Crippen molar-refractivity contribution in [2.45, 2.75) is 58.4 Å². The Labute approximate surface area is 122 Å². The van der Waals surface area contributed by atoms with E-state index >= 15 is 0 Å². The summed E-state index contributed by atoms with van der Waals surface area (Å²) in [5.74, 6) is 0.979. The molecule has 3 heteroatoms. The van der Waals surface area contributed by atoms with Gasteiger partial charge in [0.25, 0.3) is 0 Å². The number of hydrogen-bond acceptors (Lipinski definition) is 2. The highest BCUT2D eigenvalue weighted by Gasteiger charge is 2.07. The zero-order valence-corrected chi connectivity index (χ0v) is 12.9. The van der Waals surface area contributed by atoms with Crippen LogP contribution in [0.5, 0.6) is 5.75 Å². The topological polar surface area (TPSA) is 38.3 Å². The van der Waals surface area contributed by atoms with Crippen LogP contribution in [0.4, 0.5) is 0 Å². The van der Waals surface area contributed by atoms with Gasteiger partial charge in [-0.05, 0) is 37.5 Å². The number of benzene rings is 1. The summed E-state index contributed by atoms with van der Waals surface area (Å²) in [4.78, 5) is 11.9. The van der Waals surface area contributed by atoms with Crippen molar-refractivity contribution in [1.82, 2.24) is 5.32 Å². The van der Waals surface area contributed by atoms with Crippen LogP contribution < -0.4 is 10.1 Å². The Kier molecular flexibility index (Phi) is 7.78. The van der Waals surface area contributed by atoms with Gasteiger partial charge in [0.1, 0.15) is 5.75 Å². The summed E-state index contributed by atoms with van der Waals surface area (Å²) in [6, 6.07) is 8.16. The smallest absolute Gasteiger partial charge is 0.220 e. The normalized spacial score (nSPS) is 11.9. The van der Waals surface area contributed by atoms with E-state index in [-0.39, 0.29) is 11.9 Å². The van der Waals surface area contributed by atoms with E-state index in [9.17, 15) is 4.79 Å². The van der Waals surface area contributed by atoms with Crippen LogP contribution in [0.25, 0.3) is 0 Å². The second kappa shape index (κ2) is 9.40. The minimum absolute atomic E-state index is 0.136. The number of rotatable bonds is 9. The number of ether oxygens (including phenoxy) is 1. The molecule has 20 heavy (non-hydrogen) atoms. The minimum atomic E-state index is 0.136. The molecule has 0 aliphatic rings. The van der Waals surface area contributed by atoms with Gasteiger partial charge in [0.05, 0.1) is 7.11 Å². The summed E-state index contributed by atoms with van der Waals surface area (Å²) < 4.78 is 5.18. The van der Waals surface area contributed by atoms with E-state index in [2.05, 4.69) is 19.2 Å². The molecule has 1 atom stereocenters. The lowest BCUT2D eigenvalue weighted by atomic mass is 10.1. The van der Waals surface area contributed by atoms with Gasteiger partial charge in [-0.15, -0.1) is 0 Å². The fourth-order valence-corrected chi connectivity index (χ4v) is 2.21. The highest BCUT2D eigenvalue weighted by molar-refractivity contribution is 5.76. The molecule has 0 aliphatic heterocycles. The van der Waals surface area contributed by atoms with Crippen molar-refractivity contribution >= 4 is 5.91 Å². The van der Waals surface area contributed by atoms with Crippen LogP contribution in [-0.4, -0.2) is 19.1 Å². The fourth-order valence-electron chi connectivity index (χ4n) is 2.21. The zero-order chi connectivity index (χ0) is 14.8. The van der Waals surface area contributed by atoms with E-state index in [0.29, 0.717) is 6.42 Å². The molecular weight excluding hydrogens is 250 g/mol. The Bertz CT molecular complexity index is 404. The molecule has 1 aromatic rings. The van der Waals surface area contributed by atoms with E-state index in [0.717, 1.165) is 24.2 Å². The first kappa shape index (κ1) is 16.5. The lowest BCUT2D eigenvalue weighted by molar-refractivity contribution is -0.121. The lowest BCUT2D eigenvalue weighted by Crippen LogP contribution is -2.32. The molecule has 1 N–H and O–H groups in total. The lowest BCUT2D eigenvalue weighted by Gasteiger charge is -2.13. The van der Waals surface area contributed by atoms with Crippen molar-refractivity contribution in [2.75, 3.05) is 7.11 Å².